The van der Waals surface area contributed by atoms with Crippen molar-refractivity contribution in [1.82, 2.24) is 24.1 Å². The number of aromatic nitrogens is 5. The summed E-state index contributed by atoms with van der Waals surface area (Å²) in [6.07, 6.45) is 2.19. The minimum Gasteiger partial charge on any atom is -0.307 e. The number of thiophene rings is 1. The van der Waals surface area contributed by atoms with Gasteiger partial charge in [-0.15, -0.1) is 11.3 Å². The van der Waals surface area contributed by atoms with Crippen LogP contribution in [-0.2, 0) is 0 Å². The van der Waals surface area contributed by atoms with Crippen molar-refractivity contribution in [3.8, 4) is 34.4 Å². The zero-order valence-electron chi connectivity index (χ0n) is 25.1. The zero-order valence-corrected chi connectivity index (χ0v) is 25.9. The van der Waals surface area contributed by atoms with Gasteiger partial charge in [-0.1, -0.05) is 121 Å². The zero-order chi connectivity index (χ0) is 30.9. The second-order valence-corrected chi connectivity index (χ2v) is 12.8. The minimum atomic E-state index is 0.577. The number of hydrogen-bond acceptors (Lipinski definition) is 4. The van der Waals surface area contributed by atoms with Gasteiger partial charge >= 0.3 is 0 Å². The van der Waals surface area contributed by atoms with E-state index in [1.807, 2.05) is 72.0 Å². The summed E-state index contributed by atoms with van der Waals surface area (Å²) in [6.45, 7) is 0. The third kappa shape index (κ3) is 3.98. The molecule has 47 heavy (non-hydrogen) atoms. The van der Waals surface area contributed by atoms with Crippen LogP contribution in [0.4, 0.5) is 0 Å². The van der Waals surface area contributed by atoms with Gasteiger partial charge in [0.25, 0.3) is 0 Å². The molecule has 0 spiro atoms. The maximum Gasteiger partial charge on any atom is 0.238 e. The predicted molar refractivity (Wildman–Crippen MR) is 195 cm³/mol. The van der Waals surface area contributed by atoms with Crippen molar-refractivity contribution in [3.05, 3.63) is 152 Å². The second kappa shape index (κ2) is 10.2. The first-order valence-electron chi connectivity index (χ1n) is 15.6. The van der Waals surface area contributed by atoms with Crippen LogP contribution in [0.5, 0.6) is 0 Å². The van der Waals surface area contributed by atoms with Gasteiger partial charge < -0.3 is 4.57 Å². The maximum absolute atomic E-state index is 5.07. The van der Waals surface area contributed by atoms with E-state index < -0.39 is 0 Å². The second-order valence-electron chi connectivity index (χ2n) is 11.7. The standard InChI is InChI=1S/C41H25N5S/c1-3-13-26(14-4-1)39-42-40(27-15-5-2-6-16-27)44-41(43-39)45-25-35(30-18-7-10-20-32(30)45)46-33-21-11-8-19-31(33)37-34(46)24-23-29-28-17-9-12-22-36(28)47-38(29)37/h1-25H. The molecule has 10 rings (SSSR count). The van der Waals surface area contributed by atoms with E-state index in [1.165, 1.54) is 42.0 Å². The molecule has 0 aliphatic heterocycles. The van der Waals surface area contributed by atoms with Crippen molar-refractivity contribution in [2.24, 2.45) is 0 Å². The van der Waals surface area contributed by atoms with E-state index in [0.717, 1.165) is 27.7 Å². The van der Waals surface area contributed by atoms with Gasteiger partial charge in [-0.2, -0.15) is 9.97 Å². The lowest BCUT2D eigenvalue weighted by molar-refractivity contribution is 0.929. The molecule has 4 heterocycles. The summed E-state index contributed by atoms with van der Waals surface area (Å²) in [6, 6.07) is 50.8. The van der Waals surface area contributed by atoms with Crippen molar-refractivity contribution in [2.75, 3.05) is 0 Å². The highest BCUT2D eigenvalue weighted by Crippen LogP contribution is 2.44. The van der Waals surface area contributed by atoms with Gasteiger partial charge in [0.2, 0.25) is 5.95 Å². The first-order chi connectivity index (χ1) is 23.3. The SMILES string of the molecule is c1ccc(-c2nc(-c3ccccc3)nc(-n3cc(-n4c5ccccc5c5c6sc7ccccc7c6ccc54)c4ccccc43)n2)cc1. The van der Waals surface area contributed by atoms with Gasteiger partial charge in [0.15, 0.2) is 11.6 Å². The Morgan fingerprint density at radius 3 is 1.77 bits per heavy atom. The van der Waals surface area contributed by atoms with E-state index in [0.29, 0.717) is 17.6 Å². The average Bonchev–Trinajstić information content (AvgIpc) is 3.82. The highest BCUT2D eigenvalue weighted by molar-refractivity contribution is 7.26. The Labute approximate surface area is 273 Å². The molecule has 4 aromatic heterocycles. The summed E-state index contributed by atoms with van der Waals surface area (Å²) in [5, 5.41) is 6.26. The topological polar surface area (TPSA) is 48.5 Å². The maximum atomic E-state index is 5.07. The average molecular weight is 620 g/mol. The third-order valence-corrected chi connectivity index (χ3v) is 10.2. The fraction of sp³-hybridized carbons (Fsp3) is 0. The Morgan fingerprint density at radius 2 is 1.04 bits per heavy atom. The van der Waals surface area contributed by atoms with E-state index in [1.54, 1.807) is 0 Å². The molecule has 0 saturated carbocycles. The van der Waals surface area contributed by atoms with Gasteiger partial charge in [0.1, 0.15) is 0 Å². The molecule has 0 aliphatic carbocycles. The Morgan fingerprint density at radius 1 is 0.447 bits per heavy atom. The third-order valence-electron chi connectivity index (χ3n) is 9.02. The fourth-order valence-corrected chi connectivity index (χ4v) is 8.16. The van der Waals surface area contributed by atoms with Crippen LogP contribution in [0.25, 0.3) is 87.3 Å². The Balaban J connectivity index is 1.27. The summed E-state index contributed by atoms with van der Waals surface area (Å²) in [4.78, 5) is 15.1. The molecule has 10 aromatic rings. The van der Waals surface area contributed by atoms with Gasteiger partial charge in [0.05, 0.1) is 22.2 Å². The van der Waals surface area contributed by atoms with Crippen molar-refractivity contribution in [3.63, 3.8) is 0 Å². The molecular formula is C41H25N5S. The van der Waals surface area contributed by atoms with Crippen LogP contribution in [0.15, 0.2) is 152 Å². The molecule has 0 saturated heterocycles. The van der Waals surface area contributed by atoms with Gasteiger partial charge in [-0.25, -0.2) is 4.98 Å². The fourth-order valence-electron chi connectivity index (χ4n) is 6.90. The molecule has 5 nitrogen and oxygen atoms in total. The molecule has 0 amide bonds. The lowest BCUT2D eigenvalue weighted by atomic mass is 10.1. The molecular weight excluding hydrogens is 595 g/mol. The van der Waals surface area contributed by atoms with Crippen molar-refractivity contribution in [2.45, 2.75) is 0 Å². The summed E-state index contributed by atoms with van der Waals surface area (Å²) in [5.74, 6) is 1.85. The lowest BCUT2D eigenvalue weighted by Gasteiger charge is -2.09. The van der Waals surface area contributed by atoms with Crippen molar-refractivity contribution in [1.29, 1.82) is 0 Å². The van der Waals surface area contributed by atoms with Gasteiger partial charge in [-0.3, -0.25) is 4.57 Å². The van der Waals surface area contributed by atoms with E-state index >= 15 is 0 Å². The molecule has 6 heteroatoms. The van der Waals surface area contributed by atoms with E-state index in [2.05, 4.69) is 100 Å². The largest absolute Gasteiger partial charge is 0.307 e. The van der Waals surface area contributed by atoms with Crippen LogP contribution >= 0.6 is 11.3 Å². The summed E-state index contributed by atoms with van der Waals surface area (Å²) in [7, 11) is 0. The highest BCUT2D eigenvalue weighted by Gasteiger charge is 2.21. The predicted octanol–water partition coefficient (Wildman–Crippen LogP) is 10.6. The van der Waals surface area contributed by atoms with E-state index in [4.69, 9.17) is 15.0 Å². The number of rotatable bonds is 4. The normalized spacial score (nSPS) is 11.8. The number of hydrogen-bond donors (Lipinski definition) is 0. The van der Waals surface area contributed by atoms with E-state index in [-0.39, 0.29) is 0 Å². The lowest BCUT2D eigenvalue weighted by Crippen LogP contribution is -2.05. The summed E-state index contributed by atoms with van der Waals surface area (Å²) < 4.78 is 7.15. The quantitative estimate of drug-likeness (QED) is 0.197. The van der Waals surface area contributed by atoms with Crippen LogP contribution in [0.1, 0.15) is 0 Å². The number of para-hydroxylation sites is 2. The Bertz CT molecular complexity index is 2730. The van der Waals surface area contributed by atoms with Crippen molar-refractivity contribution < 1.29 is 0 Å². The molecule has 0 atom stereocenters. The number of benzene rings is 6. The summed E-state index contributed by atoms with van der Waals surface area (Å²) in [5.41, 5.74) is 6.34. The van der Waals surface area contributed by atoms with Crippen LogP contribution < -0.4 is 0 Å². The van der Waals surface area contributed by atoms with Crippen LogP contribution in [0.2, 0.25) is 0 Å². The molecule has 0 bridgehead atoms. The smallest absolute Gasteiger partial charge is 0.238 e. The van der Waals surface area contributed by atoms with Crippen LogP contribution in [0.3, 0.4) is 0 Å². The van der Waals surface area contributed by atoms with Crippen LogP contribution in [-0.4, -0.2) is 24.1 Å². The molecule has 220 valence electrons. The number of nitrogens with zero attached hydrogens (tertiary/aromatic N) is 5. The first kappa shape index (κ1) is 26.1. The Kier molecular flexibility index (Phi) is 5.68. The van der Waals surface area contributed by atoms with Crippen molar-refractivity contribution >= 4 is 64.2 Å². The number of fused-ring (bicyclic) bond motifs is 8. The Hall–Kier alpha value is -6.11. The molecule has 0 unspecified atom stereocenters. The summed E-state index contributed by atoms with van der Waals surface area (Å²) >= 11 is 1.87. The monoisotopic (exact) mass is 619 g/mol. The highest BCUT2D eigenvalue weighted by atomic mass is 32.1. The molecule has 6 aromatic carbocycles. The first-order valence-corrected chi connectivity index (χ1v) is 16.4. The molecule has 0 radical (unpaired) electrons. The molecule has 0 fully saturated rings. The molecule has 0 N–H and O–H groups in total. The minimum absolute atomic E-state index is 0.577. The van der Waals surface area contributed by atoms with Gasteiger partial charge in [-0.05, 0) is 24.3 Å². The molecule has 0 aliphatic rings. The van der Waals surface area contributed by atoms with Crippen LogP contribution in [0, 0.1) is 0 Å². The van der Waals surface area contributed by atoms with E-state index in [9.17, 15) is 0 Å². The van der Waals surface area contributed by atoms with Gasteiger partial charge in [0, 0.05) is 53.7 Å².